The SMILES string of the molecule is CCN(CC(=O)Nc1ccc(OC)cc1)[C@@H](C)C(=O)NC1CC1. The lowest BCUT2D eigenvalue weighted by molar-refractivity contribution is -0.127. The molecule has 126 valence electrons. The number of carbonyl (C=O) groups excluding carboxylic acids is 2. The number of hydrogen-bond donors (Lipinski definition) is 2. The van der Waals surface area contributed by atoms with E-state index in [-0.39, 0.29) is 24.4 Å². The van der Waals surface area contributed by atoms with Gasteiger partial charge in [0.2, 0.25) is 11.8 Å². The molecule has 1 fully saturated rings. The Bertz CT molecular complexity index is 541. The van der Waals surface area contributed by atoms with Crippen molar-refractivity contribution < 1.29 is 14.3 Å². The third-order valence-corrected chi connectivity index (χ3v) is 3.98. The Labute approximate surface area is 137 Å². The molecular weight excluding hydrogens is 294 g/mol. The molecule has 0 radical (unpaired) electrons. The molecule has 1 aliphatic carbocycles. The Morgan fingerprint density at radius 3 is 2.48 bits per heavy atom. The van der Waals surface area contributed by atoms with E-state index in [1.54, 1.807) is 31.4 Å². The van der Waals surface area contributed by atoms with Gasteiger partial charge in [-0.25, -0.2) is 0 Å². The number of ether oxygens (including phenoxy) is 1. The van der Waals surface area contributed by atoms with Crippen LogP contribution in [-0.2, 0) is 9.59 Å². The second kappa shape index (κ2) is 7.97. The molecule has 2 rings (SSSR count). The minimum absolute atomic E-state index is 0.00778. The Kier molecular flexibility index (Phi) is 5.98. The van der Waals surface area contributed by atoms with Gasteiger partial charge in [0.05, 0.1) is 19.7 Å². The lowest BCUT2D eigenvalue weighted by Crippen LogP contribution is -2.48. The lowest BCUT2D eigenvalue weighted by atomic mass is 10.2. The fourth-order valence-corrected chi connectivity index (χ4v) is 2.30. The first kappa shape index (κ1) is 17.3. The van der Waals surface area contributed by atoms with Crippen LogP contribution >= 0.6 is 0 Å². The van der Waals surface area contributed by atoms with Gasteiger partial charge in [-0.2, -0.15) is 0 Å². The summed E-state index contributed by atoms with van der Waals surface area (Å²) < 4.78 is 5.09. The van der Waals surface area contributed by atoms with Crippen molar-refractivity contribution in [3.05, 3.63) is 24.3 Å². The van der Waals surface area contributed by atoms with Gasteiger partial charge in [-0.1, -0.05) is 6.92 Å². The average Bonchev–Trinajstić information content (AvgIpc) is 3.36. The standard InChI is InChI=1S/C17H25N3O3/c1-4-20(12(2)17(22)19-14-5-6-14)11-16(21)18-13-7-9-15(23-3)10-8-13/h7-10,12,14H,4-6,11H2,1-3H3,(H,18,21)(H,19,22)/t12-/m0/s1. The minimum Gasteiger partial charge on any atom is -0.497 e. The largest absolute Gasteiger partial charge is 0.497 e. The van der Waals surface area contributed by atoms with Crippen LogP contribution in [0.4, 0.5) is 5.69 Å². The number of likely N-dealkylation sites (N-methyl/N-ethyl adjacent to an activating group) is 1. The first-order chi connectivity index (χ1) is 11.0. The molecule has 6 heteroatoms. The summed E-state index contributed by atoms with van der Waals surface area (Å²) in [6.45, 7) is 4.60. The molecule has 6 nitrogen and oxygen atoms in total. The fraction of sp³-hybridized carbons (Fsp3) is 0.529. The number of rotatable bonds is 8. The van der Waals surface area contributed by atoms with Gasteiger partial charge >= 0.3 is 0 Å². The number of hydrogen-bond acceptors (Lipinski definition) is 4. The van der Waals surface area contributed by atoms with Gasteiger partial charge in [0.1, 0.15) is 5.75 Å². The van der Waals surface area contributed by atoms with Crippen LogP contribution < -0.4 is 15.4 Å². The topological polar surface area (TPSA) is 70.7 Å². The van der Waals surface area contributed by atoms with Crippen molar-refractivity contribution in [2.45, 2.75) is 38.8 Å². The van der Waals surface area contributed by atoms with Gasteiger partial charge < -0.3 is 15.4 Å². The highest BCUT2D eigenvalue weighted by molar-refractivity contribution is 5.93. The van der Waals surface area contributed by atoms with Crippen LogP contribution in [0.2, 0.25) is 0 Å². The highest BCUT2D eigenvalue weighted by atomic mass is 16.5. The monoisotopic (exact) mass is 319 g/mol. The molecule has 1 aliphatic rings. The van der Waals surface area contributed by atoms with E-state index in [0.717, 1.165) is 18.6 Å². The van der Waals surface area contributed by atoms with Crippen LogP contribution in [0, 0.1) is 0 Å². The van der Waals surface area contributed by atoms with Crippen molar-refractivity contribution in [2.24, 2.45) is 0 Å². The first-order valence-corrected chi connectivity index (χ1v) is 8.01. The summed E-state index contributed by atoms with van der Waals surface area (Å²) in [5.41, 5.74) is 0.710. The van der Waals surface area contributed by atoms with E-state index in [0.29, 0.717) is 18.3 Å². The van der Waals surface area contributed by atoms with Gasteiger partial charge in [-0.3, -0.25) is 14.5 Å². The number of benzene rings is 1. The maximum Gasteiger partial charge on any atom is 0.238 e. The number of anilines is 1. The molecule has 1 aromatic carbocycles. The average molecular weight is 319 g/mol. The van der Waals surface area contributed by atoms with Gasteiger partial charge in [0, 0.05) is 11.7 Å². The smallest absolute Gasteiger partial charge is 0.238 e. The molecule has 0 unspecified atom stereocenters. The van der Waals surface area contributed by atoms with Crippen molar-refractivity contribution >= 4 is 17.5 Å². The van der Waals surface area contributed by atoms with E-state index in [1.165, 1.54) is 0 Å². The quantitative estimate of drug-likeness (QED) is 0.764. The van der Waals surface area contributed by atoms with Crippen molar-refractivity contribution in [3.8, 4) is 5.75 Å². The molecule has 0 spiro atoms. The Morgan fingerprint density at radius 2 is 1.96 bits per heavy atom. The van der Waals surface area contributed by atoms with Crippen LogP contribution in [0.15, 0.2) is 24.3 Å². The number of nitrogens with one attached hydrogen (secondary N) is 2. The second-order valence-electron chi connectivity index (χ2n) is 5.80. The number of carbonyl (C=O) groups is 2. The number of nitrogens with zero attached hydrogens (tertiary/aromatic N) is 1. The van der Waals surface area contributed by atoms with E-state index >= 15 is 0 Å². The Morgan fingerprint density at radius 1 is 1.30 bits per heavy atom. The van der Waals surface area contributed by atoms with Crippen LogP contribution in [0.1, 0.15) is 26.7 Å². The Balaban J connectivity index is 1.86. The predicted molar refractivity (Wildman–Crippen MR) is 89.5 cm³/mol. The summed E-state index contributed by atoms with van der Waals surface area (Å²) in [6.07, 6.45) is 2.12. The molecule has 0 bridgehead atoms. The molecular formula is C17H25N3O3. The van der Waals surface area contributed by atoms with E-state index < -0.39 is 0 Å². The fourth-order valence-electron chi connectivity index (χ4n) is 2.30. The second-order valence-corrected chi connectivity index (χ2v) is 5.80. The minimum atomic E-state index is -0.317. The zero-order valence-corrected chi connectivity index (χ0v) is 14.0. The van der Waals surface area contributed by atoms with Crippen LogP contribution in [0.3, 0.4) is 0 Å². The maximum atomic E-state index is 12.2. The third-order valence-electron chi connectivity index (χ3n) is 3.98. The van der Waals surface area contributed by atoms with Crippen LogP contribution in [-0.4, -0.2) is 49.0 Å². The highest BCUT2D eigenvalue weighted by Crippen LogP contribution is 2.19. The molecule has 2 amide bonds. The zero-order chi connectivity index (χ0) is 16.8. The molecule has 0 saturated heterocycles. The summed E-state index contributed by atoms with van der Waals surface area (Å²) in [5.74, 6) is 0.596. The van der Waals surface area contributed by atoms with E-state index in [1.807, 2.05) is 18.7 Å². The molecule has 1 saturated carbocycles. The van der Waals surface area contributed by atoms with Crippen molar-refractivity contribution in [1.82, 2.24) is 10.2 Å². The van der Waals surface area contributed by atoms with E-state index in [2.05, 4.69) is 10.6 Å². The number of methoxy groups -OCH3 is 1. The highest BCUT2D eigenvalue weighted by Gasteiger charge is 2.28. The predicted octanol–water partition coefficient (Wildman–Crippen LogP) is 1.62. The summed E-state index contributed by atoms with van der Waals surface area (Å²) in [5, 5.41) is 5.81. The molecule has 0 heterocycles. The van der Waals surface area contributed by atoms with Gasteiger partial charge in [-0.05, 0) is 50.6 Å². The zero-order valence-electron chi connectivity index (χ0n) is 14.0. The number of amides is 2. The lowest BCUT2D eigenvalue weighted by Gasteiger charge is -2.26. The molecule has 1 aromatic rings. The van der Waals surface area contributed by atoms with Gasteiger partial charge in [0.25, 0.3) is 0 Å². The van der Waals surface area contributed by atoms with Crippen molar-refractivity contribution in [2.75, 3.05) is 25.5 Å². The normalized spacial score (nSPS) is 15.1. The Hall–Kier alpha value is -2.08. The van der Waals surface area contributed by atoms with Gasteiger partial charge in [-0.15, -0.1) is 0 Å². The third kappa shape index (κ3) is 5.25. The molecule has 2 N–H and O–H groups in total. The summed E-state index contributed by atoms with van der Waals surface area (Å²) >= 11 is 0. The van der Waals surface area contributed by atoms with Crippen molar-refractivity contribution in [3.63, 3.8) is 0 Å². The molecule has 0 aliphatic heterocycles. The summed E-state index contributed by atoms with van der Waals surface area (Å²) in [4.78, 5) is 26.1. The van der Waals surface area contributed by atoms with Crippen molar-refractivity contribution in [1.29, 1.82) is 0 Å². The summed E-state index contributed by atoms with van der Waals surface area (Å²) in [7, 11) is 1.60. The summed E-state index contributed by atoms with van der Waals surface area (Å²) in [6, 6.07) is 7.17. The van der Waals surface area contributed by atoms with E-state index in [9.17, 15) is 9.59 Å². The molecule has 1 atom stereocenters. The van der Waals surface area contributed by atoms with E-state index in [4.69, 9.17) is 4.74 Å². The molecule has 0 aromatic heterocycles. The maximum absolute atomic E-state index is 12.2. The van der Waals surface area contributed by atoms with Gasteiger partial charge in [0.15, 0.2) is 0 Å². The first-order valence-electron chi connectivity index (χ1n) is 8.01. The van der Waals surface area contributed by atoms with Crippen LogP contribution in [0.5, 0.6) is 5.75 Å². The molecule has 23 heavy (non-hydrogen) atoms. The van der Waals surface area contributed by atoms with Crippen LogP contribution in [0.25, 0.3) is 0 Å².